The predicted molar refractivity (Wildman–Crippen MR) is 47.3 cm³/mol. The van der Waals surface area contributed by atoms with Crippen molar-refractivity contribution in [3.05, 3.63) is 35.1 Å². The van der Waals surface area contributed by atoms with Crippen LogP contribution in [0, 0.1) is 12.7 Å². The molecule has 0 saturated carbocycles. The second-order valence-electron chi connectivity index (χ2n) is 3.23. The minimum absolute atomic E-state index is 0.0428. The fourth-order valence-electron chi connectivity index (χ4n) is 1.32. The highest BCUT2D eigenvalue weighted by Crippen LogP contribution is 2.33. The average molecular weight is 218 g/mol. The van der Waals surface area contributed by atoms with Crippen LogP contribution in [-0.2, 0) is 10.7 Å². The van der Waals surface area contributed by atoms with E-state index in [1.807, 2.05) is 0 Å². The fraction of sp³-hybridized carbons (Fsp3) is 0.300. The SMILES string of the molecule is Cc1cc(F)ccc1C(F)(F)CC(=O)O. The molecular weight excluding hydrogens is 209 g/mol. The minimum atomic E-state index is -3.47. The van der Waals surface area contributed by atoms with Gasteiger partial charge in [-0.2, -0.15) is 0 Å². The summed E-state index contributed by atoms with van der Waals surface area (Å²) >= 11 is 0. The molecule has 0 unspecified atom stereocenters. The second kappa shape index (κ2) is 3.92. The second-order valence-corrected chi connectivity index (χ2v) is 3.23. The van der Waals surface area contributed by atoms with Crippen molar-refractivity contribution in [2.75, 3.05) is 0 Å². The summed E-state index contributed by atoms with van der Waals surface area (Å²) < 4.78 is 39.2. The van der Waals surface area contributed by atoms with Crippen LogP contribution in [0.4, 0.5) is 13.2 Å². The normalized spacial score (nSPS) is 11.5. The van der Waals surface area contributed by atoms with Crippen molar-refractivity contribution >= 4 is 5.97 Å². The van der Waals surface area contributed by atoms with E-state index in [-0.39, 0.29) is 5.56 Å². The Morgan fingerprint density at radius 1 is 1.47 bits per heavy atom. The molecule has 0 aliphatic rings. The molecule has 82 valence electrons. The van der Waals surface area contributed by atoms with E-state index < -0.39 is 29.7 Å². The summed E-state index contributed by atoms with van der Waals surface area (Å²) in [6.07, 6.45) is -1.29. The molecule has 0 aromatic heterocycles. The first-order chi connectivity index (χ1) is 6.83. The Kier molecular flexibility index (Phi) is 3.02. The Hall–Kier alpha value is -1.52. The summed E-state index contributed by atoms with van der Waals surface area (Å²) in [6, 6.07) is 2.75. The zero-order valence-corrected chi connectivity index (χ0v) is 7.93. The van der Waals surface area contributed by atoms with E-state index in [0.29, 0.717) is 0 Å². The van der Waals surface area contributed by atoms with E-state index in [9.17, 15) is 18.0 Å². The predicted octanol–water partition coefficient (Wildman–Crippen LogP) is 2.70. The maximum Gasteiger partial charge on any atom is 0.309 e. The topological polar surface area (TPSA) is 37.3 Å². The number of hydrogen-bond acceptors (Lipinski definition) is 1. The number of aryl methyl sites for hydroxylation is 1. The van der Waals surface area contributed by atoms with E-state index in [0.717, 1.165) is 18.2 Å². The summed E-state index contributed by atoms with van der Waals surface area (Å²) in [5.74, 6) is -5.69. The van der Waals surface area contributed by atoms with Gasteiger partial charge in [0.15, 0.2) is 0 Å². The molecule has 1 aromatic carbocycles. The van der Waals surface area contributed by atoms with E-state index in [2.05, 4.69) is 0 Å². The largest absolute Gasteiger partial charge is 0.481 e. The summed E-state index contributed by atoms with van der Waals surface area (Å²) in [5.41, 5.74) is -0.410. The van der Waals surface area contributed by atoms with Crippen molar-refractivity contribution < 1.29 is 23.1 Å². The van der Waals surface area contributed by atoms with Crippen molar-refractivity contribution in [1.29, 1.82) is 0 Å². The maximum absolute atomic E-state index is 13.3. The third-order valence-electron chi connectivity index (χ3n) is 1.96. The van der Waals surface area contributed by atoms with Crippen molar-refractivity contribution in [1.82, 2.24) is 0 Å². The van der Waals surface area contributed by atoms with Crippen LogP contribution in [0.3, 0.4) is 0 Å². The molecule has 1 N–H and O–H groups in total. The lowest BCUT2D eigenvalue weighted by Gasteiger charge is -2.16. The summed E-state index contributed by atoms with van der Waals surface area (Å²) in [6.45, 7) is 1.31. The van der Waals surface area contributed by atoms with E-state index in [4.69, 9.17) is 5.11 Å². The molecular formula is C10H9F3O2. The molecule has 0 aliphatic heterocycles. The molecule has 0 atom stereocenters. The van der Waals surface area contributed by atoms with Crippen molar-refractivity contribution in [3.8, 4) is 0 Å². The molecule has 0 bridgehead atoms. The first-order valence-corrected chi connectivity index (χ1v) is 4.19. The van der Waals surface area contributed by atoms with Crippen LogP contribution in [0.25, 0.3) is 0 Å². The monoisotopic (exact) mass is 218 g/mol. The summed E-state index contributed by atoms with van der Waals surface area (Å²) in [4.78, 5) is 10.2. The number of alkyl halides is 2. The first kappa shape index (κ1) is 11.6. The van der Waals surface area contributed by atoms with Gasteiger partial charge in [0.1, 0.15) is 12.2 Å². The lowest BCUT2D eigenvalue weighted by molar-refractivity contribution is -0.145. The highest BCUT2D eigenvalue weighted by Gasteiger charge is 2.35. The molecule has 0 aliphatic carbocycles. The third-order valence-corrected chi connectivity index (χ3v) is 1.96. The van der Waals surface area contributed by atoms with Gasteiger partial charge in [-0.3, -0.25) is 4.79 Å². The van der Waals surface area contributed by atoms with Gasteiger partial charge in [-0.1, -0.05) is 0 Å². The molecule has 1 rings (SSSR count). The van der Waals surface area contributed by atoms with Crippen molar-refractivity contribution in [2.24, 2.45) is 0 Å². The van der Waals surface area contributed by atoms with Crippen LogP contribution in [0.5, 0.6) is 0 Å². The van der Waals surface area contributed by atoms with Crippen LogP contribution >= 0.6 is 0 Å². The number of benzene rings is 1. The van der Waals surface area contributed by atoms with Crippen LogP contribution in [0.15, 0.2) is 18.2 Å². The zero-order valence-electron chi connectivity index (χ0n) is 7.93. The minimum Gasteiger partial charge on any atom is -0.481 e. The molecule has 5 heteroatoms. The molecule has 0 heterocycles. The molecule has 0 spiro atoms. The van der Waals surface area contributed by atoms with Gasteiger partial charge in [0, 0.05) is 5.56 Å². The van der Waals surface area contributed by atoms with E-state index in [1.54, 1.807) is 0 Å². The molecule has 1 aromatic rings. The number of carbonyl (C=O) groups is 1. The van der Waals surface area contributed by atoms with Gasteiger partial charge in [-0.05, 0) is 30.7 Å². The number of halogens is 3. The molecule has 15 heavy (non-hydrogen) atoms. The smallest absolute Gasteiger partial charge is 0.309 e. The third kappa shape index (κ3) is 2.71. The lowest BCUT2D eigenvalue weighted by atomic mass is 10.0. The number of aliphatic carboxylic acids is 1. The summed E-state index contributed by atoms with van der Waals surface area (Å²) in [7, 11) is 0. The Morgan fingerprint density at radius 3 is 2.53 bits per heavy atom. The van der Waals surface area contributed by atoms with E-state index >= 15 is 0 Å². The summed E-state index contributed by atoms with van der Waals surface area (Å²) in [5, 5.41) is 8.30. The molecule has 0 fully saturated rings. The molecule has 0 amide bonds. The number of carboxylic acids is 1. The lowest BCUT2D eigenvalue weighted by Crippen LogP contribution is -2.19. The van der Waals surface area contributed by atoms with Gasteiger partial charge in [0.05, 0.1) is 0 Å². The fourth-order valence-corrected chi connectivity index (χ4v) is 1.32. The van der Waals surface area contributed by atoms with Gasteiger partial charge in [0.25, 0.3) is 5.92 Å². The quantitative estimate of drug-likeness (QED) is 0.846. The van der Waals surface area contributed by atoms with Crippen LogP contribution in [0.2, 0.25) is 0 Å². The highest BCUT2D eigenvalue weighted by molar-refractivity contribution is 5.68. The van der Waals surface area contributed by atoms with Crippen molar-refractivity contribution in [2.45, 2.75) is 19.3 Å². The van der Waals surface area contributed by atoms with Gasteiger partial charge in [-0.15, -0.1) is 0 Å². The van der Waals surface area contributed by atoms with E-state index in [1.165, 1.54) is 6.92 Å². The Morgan fingerprint density at radius 2 is 2.07 bits per heavy atom. The van der Waals surface area contributed by atoms with Crippen LogP contribution < -0.4 is 0 Å². The molecule has 2 nitrogen and oxygen atoms in total. The van der Waals surface area contributed by atoms with Gasteiger partial charge >= 0.3 is 5.97 Å². The molecule has 0 saturated heterocycles. The first-order valence-electron chi connectivity index (χ1n) is 4.19. The Balaban J connectivity index is 3.09. The maximum atomic E-state index is 13.3. The van der Waals surface area contributed by atoms with Gasteiger partial charge < -0.3 is 5.11 Å². The van der Waals surface area contributed by atoms with Gasteiger partial charge in [-0.25, -0.2) is 13.2 Å². The Bertz CT molecular complexity index is 388. The van der Waals surface area contributed by atoms with Crippen LogP contribution in [-0.4, -0.2) is 11.1 Å². The standard InChI is InChI=1S/C10H9F3O2/c1-6-4-7(11)2-3-8(6)10(12,13)5-9(14)15/h2-4H,5H2,1H3,(H,14,15). The number of carboxylic acid groups (broad SMARTS) is 1. The average Bonchev–Trinajstić information content (AvgIpc) is 1.99. The molecule has 0 radical (unpaired) electrons. The van der Waals surface area contributed by atoms with Crippen molar-refractivity contribution in [3.63, 3.8) is 0 Å². The number of rotatable bonds is 3. The highest BCUT2D eigenvalue weighted by atomic mass is 19.3. The van der Waals surface area contributed by atoms with Crippen LogP contribution in [0.1, 0.15) is 17.5 Å². The Labute approximate surface area is 84.3 Å². The zero-order chi connectivity index (χ0) is 11.6. The van der Waals surface area contributed by atoms with Gasteiger partial charge in [0.2, 0.25) is 0 Å². The number of hydrogen-bond donors (Lipinski definition) is 1.